The van der Waals surface area contributed by atoms with Gasteiger partial charge in [0.25, 0.3) is 0 Å². The van der Waals surface area contributed by atoms with Crippen LogP contribution in [0.2, 0.25) is 0 Å². The third-order valence-electron chi connectivity index (χ3n) is 4.55. The highest BCUT2D eigenvalue weighted by Gasteiger charge is 2.37. The zero-order valence-corrected chi connectivity index (χ0v) is 11.6. The van der Waals surface area contributed by atoms with Gasteiger partial charge >= 0.3 is 6.03 Å². The maximum Gasteiger partial charge on any atom is 0.317 e. The Morgan fingerprint density at radius 3 is 2.55 bits per heavy atom. The highest BCUT2D eigenvalue weighted by atomic mass is 16.5. The minimum atomic E-state index is -0.193. The lowest BCUT2D eigenvalue weighted by molar-refractivity contribution is -0.137. The van der Waals surface area contributed by atoms with E-state index in [4.69, 9.17) is 10.5 Å². The fourth-order valence-electron chi connectivity index (χ4n) is 3.29. The SMILES string of the molecule is NC1COCC1C(=O)N1CCC(N2CCNC2=O)CC1. The van der Waals surface area contributed by atoms with E-state index in [9.17, 15) is 9.59 Å². The van der Waals surface area contributed by atoms with Crippen molar-refractivity contribution in [1.29, 1.82) is 0 Å². The number of carbonyl (C=O) groups excluding carboxylic acids is 2. The van der Waals surface area contributed by atoms with Gasteiger partial charge in [0.05, 0.1) is 19.1 Å². The number of nitrogens with two attached hydrogens (primary N) is 1. The average Bonchev–Trinajstić information content (AvgIpc) is 3.07. The van der Waals surface area contributed by atoms with Crippen molar-refractivity contribution in [2.24, 2.45) is 11.7 Å². The molecule has 0 aromatic rings. The van der Waals surface area contributed by atoms with Gasteiger partial charge in [-0.05, 0) is 12.8 Å². The predicted octanol–water partition coefficient (Wildman–Crippen LogP) is -1.02. The number of hydrogen-bond donors (Lipinski definition) is 2. The summed E-state index contributed by atoms with van der Waals surface area (Å²) in [7, 11) is 0. The number of piperidine rings is 1. The summed E-state index contributed by atoms with van der Waals surface area (Å²) in [6.07, 6.45) is 1.70. The zero-order chi connectivity index (χ0) is 14.1. The van der Waals surface area contributed by atoms with Crippen molar-refractivity contribution in [3.8, 4) is 0 Å². The lowest BCUT2D eigenvalue weighted by Crippen LogP contribution is -2.51. The molecule has 20 heavy (non-hydrogen) atoms. The van der Waals surface area contributed by atoms with Crippen molar-refractivity contribution in [1.82, 2.24) is 15.1 Å². The number of carbonyl (C=O) groups is 2. The van der Waals surface area contributed by atoms with Crippen LogP contribution >= 0.6 is 0 Å². The Hall–Kier alpha value is -1.34. The van der Waals surface area contributed by atoms with E-state index in [1.165, 1.54) is 0 Å². The monoisotopic (exact) mass is 282 g/mol. The van der Waals surface area contributed by atoms with Gasteiger partial charge in [0.1, 0.15) is 0 Å². The summed E-state index contributed by atoms with van der Waals surface area (Å²) in [6, 6.07) is 0.112. The molecule has 3 rings (SSSR count). The van der Waals surface area contributed by atoms with E-state index < -0.39 is 0 Å². The molecule has 3 fully saturated rings. The van der Waals surface area contributed by atoms with Crippen LogP contribution < -0.4 is 11.1 Å². The Morgan fingerprint density at radius 2 is 2.00 bits per heavy atom. The van der Waals surface area contributed by atoms with E-state index in [2.05, 4.69) is 5.32 Å². The zero-order valence-electron chi connectivity index (χ0n) is 11.6. The van der Waals surface area contributed by atoms with Crippen LogP contribution in [0.25, 0.3) is 0 Å². The topological polar surface area (TPSA) is 87.9 Å². The molecule has 112 valence electrons. The molecule has 7 heteroatoms. The second kappa shape index (κ2) is 5.57. The highest BCUT2D eigenvalue weighted by molar-refractivity contribution is 5.80. The first kappa shape index (κ1) is 13.6. The number of ether oxygens (including phenoxy) is 1. The van der Waals surface area contributed by atoms with E-state index in [1.807, 2.05) is 9.80 Å². The van der Waals surface area contributed by atoms with Gasteiger partial charge in [0.15, 0.2) is 0 Å². The van der Waals surface area contributed by atoms with Gasteiger partial charge in [-0.25, -0.2) is 4.79 Å². The summed E-state index contributed by atoms with van der Waals surface area (Å²) in [5.74, 6) is -0.0824. The molecule has 0 bridgehead atoms. The van der Waals surface area contributed by atoms with Crippen LogP contribution in [0, 0.1) is 5.92 Å². The molecule has 0 aromatic heterocycles. The maximum absolute atomic E-state index is 12.4. The molecule has 0 saturated carbocycles. The summed E-state index contributed by atoms with van der Waals surface area (Å²) in [5.41, 5.74) is 5.90. The predicted molar refractivity (Wildman–Crippen MR) is 72.0 cm³/mol. The van der Waals surface area contributed by atoms with Gasteiger partial charge in [0.2, 0.25) is 5.91 Å². The molecule has 0 spiro atoms. The van der Waals surface area contributed by atoms with E-state index >= 15 is 0 Å². The standard InChI is InChI=1S/C13H22N4O3/c14-11-8-20-7-10(11)12(18)16-4-1-9(2-5-16)17-6-3-15-13(17)19/h9-11H,1-8,14H2,(H,15,19). The molecule has 3 N–H and O–H groups in total. The molecule has 7 nitrogen and oxygen atoms in total. The summed E-state index contributed by atoms with van der Waals surface area (Å²) >= 11 is 0. The number of nitrogens with one attached hydrogen (secondary N) is 1. The second-order valence-electron chi connectivity index (χ2n) is 5.79. The second-order valence-corrected chi connectivity index (χ2v) is 5.79. The van der Waals surface area contributed by atoms with Crippen LogP contribution in [0.15, 0.2) is 0 Å². The first-order valence-electron chi connectivity index (χ1n) is 7.33. The van der Waals surface area contributed by atoms with E-state index in [1.54, 1.807) is 0 Å². The van der Waals surface area contributed by atoms with E-state index in [0.29, 0.717) is 26.3 Å². The minimum absolute atomic E-state index is 0.0287. The number of rotatable bonds is 2. The van der Waals surface area contributed by atoms with E-state index in [-0.39, 0.29) is 29.9 Å². The molecule has 3 amide bonds. The lowest BCUT2D eigenvalue weighted by Gasteiger charge is -2.37. The van der Waals surface area contributed by atoms with Gasteiger partial charge in [-0.3, -0.25) is 4.79 Å². The average molecular weight is 282 g/mol. The Labute approximate surface area is 118 Å². The van der Waals surface area contributed by atoms with Crippen LogP contribution in [0.1, 0.15) is 12.8 Å². The van der Waals surface area contributed by atoms with Crippen molar-refractivity contribution < 1.29 is 14.3 Å². The Morgan fingerprint density at radius 1 is 1.25 bits per heavy atom. The largest absolute Gasteiger partial charge is 0.379 e. The van der Waals surface area contributed by atoms with Crippen molar-refractivity contribution in [3.05, 3.63) is 0 Å². The van der Waals surface area contributed by atoms with Crippen molar-refractivity contribution in [2.45, 2.75) is 24.9 Å². The van der Waals surface area contributed by atoms with Gasteiger partial charge < -0.3 is 25.6 Å². The molecule has 3 heterocycles. The number of urea groups is 1. The van der Waals surface area contributed by atoms with Crippen LogP contribution in [0.3, 0.4) is 0 Å². The fraction of sp³-hybridized carbons (Fsp3) is 0.846. The fourth-order valence-corrected chi connectivity index (χ4v) is 3.29. The van der Waals surface area contributed by atoms with Crippen LogP contribution in [-0.4, -0.2) is 73.2 Å². The molecular weight excluding hydrogens is 260 g/mol. The molecular formula is C13H22N4O3. The number of likely N-dealkylation sites (tertiary alicyclic amines) is 1. The van der Waals surface area contributed by atoms with Gasteiger partial charge in [-0.2, -0.15) is 0 Å². The quantitative estimate of drug-likeness (QED) is 0.678. The molecule has 3 aliphatic heterocycles. The smallest absolute Gasteiger partial charge is 0.317 e. The minimum Gasteiger partial charge on any atom is -0.379 e. The molecule has 3 saturated heterocycles. The number of amides is 3. The highest BCUT2D eigenvalue weighted by Crippen LogP contribution is 2.22. The van der Waals surface area contributed by atoms with Gasteiger partial charge in [-0.15, -0.1) is 0 Å². The molecule has 0 radical (unpaired) electrons. The summed E-state index contributed by atoms with van der Waals surface area (Å²) in [5, 5.41) is 2.82. The number of hydrogen-bond acceptors (Lipinski definition) is 4. The maximum atomic E-state index is 12.4. The number of nitrogens with zero attached hydrogens (tertiary/aromatic N) is 2. The van der Waals surface area contributed by atoms with Crippen molar-refractivity contribution in [3.63, 3.8) is 0 Å². The Bertz CT molecular complexity index is 395. The summed E-state index contributed by atoms with van der Waals surface area (Å²) in [4.78, 5) is 27.8. The van der Waals surface area contributed by atoms with Crippen molar-refractivity contribution in [2.75, 3.05) is 39.4 Å². The lowest BCUT2D eigenvalue weighted by atomic mass is 9.98. The van der Waals surface area contributed by atoms with Crippen LogP contribution in [0.4, 0.5) is 4.79 Å². The molecule has 2 atom stereocenters. The summed E-state index contributed by atoms with van der Waals surface area (Å²) < 4.78 is 5.26. The van der Waals surface area contributed by atoms with Gasteiger partial charge in [-0.1, -0.05) is 0 Å². The first-order valence-corrected chi connectivity index (χ1v) is 7.33. The Kier molecular flexibility index (Phi) is 3.80. The molecule has 0 aliphatic carbocycles. The van der Waals surface area contributed by atoms with E-state index in [0.717, 1.165) is 25.9 Å². The molecule has 0 aromatic carbocycles. The summed E-state index contributed by atoms with van der Waals surface area (Å²) in [6.45, 7) is 3.83. The molecule has 3 aliphatic rings. The third-order valence-corrected chi connectivity index (χ3v) is 4.55. The molecule has 2 unspecified atom stereocenters. The normalized spacial score (nSPS) is 31.8. The van der Waals surface area contributed by atoms with Crippen LogP contribution in [-0.2, 0) is 9.53 Å². The van der Waals surface area contributed by atoms with Crippen molar-refractivity contribution >= 4 is 11.9 Å². The Balaban J connectivity index is 1.53. The first-order chi connectivity index (χ1) is 9.66. The third kappa shape index (κ3) is 2.47. The van der Waals surface area contributed by atoms with Gasteiger partial charge in [0, 0.05) is 38.3 Å². The van der Waals surface area contributed by atoms with Crippen LogP contribution in [0.5, 0.6) is 0 Å².